The van der Waals surface area contributed by atoms with E-state index in [4.69, 9.17) is 16.4 Å². The van der Waals surface area contributed by atoms with E-state index in [-0.39, 0.29) is 27.6 Å². The van der Waals surface area contributed by atoms with Crippen molar-refractivity contribution < 1.29 is 25.8 Å². The van der Waals surface area contributed by atoms with E-state index in [1.807, 2.05) is 91.1 Å². The molecule has 8 rings (SSSR count). The first-order valence-corrected chi connectivity index (χ1v) is 15.2. The fourth-order valence-corrected chi connectivity index (χ4v) is 6.05. The van der Waals surface area contributed by atoms with Crippen molar-refractivity contribution in [1.82, 2.24) is 24.3 Å². The molecule has 7 nitrogen and oxygen atoms in total. The van der Waals surface area contributed by atoms with Gasteiger partial charge in [0.15, 0.2) is 0 Å². The average molecular weight is 802 g/mol. The summed E-state index contributed by atoms with van der Waals surface area (Å²) < 4.78 is 10.3. The molecule has 48 heavy (non-hydrogen) atoms. The number of aryl methyl sites for hydroxylation is 1. The van der Waals surface area contributed by atoms with Crippen molar-refractivity contribution in [2.24, 2.45) is 0 Å². The third-order valence-corrected chi connectivity index (χ3v) is 8.11. The molecule has 0 spiro atoms. The van der Waals surface area contributed by atoms with Crippen LogP contribution in [0.4, 0.5) is 0 Å². The van der Waals surface area contributed by atoms with E-state index in [1.54, 1.807) is 17.1 Å². The standard InChI is InChI=1S/C40H26N6O.Pt/c1-27-17-22-43-38(23-27)45-35-14-7-6-13-33(35)34-16-15-32(25-36(34)45)47-31-12-8-11-30(24-31)46-37(26-41-2)39(28-9-4-3-5-10-28)40(44-46)29-18-20-42-21-19-29;/h3-23H,26H2,1H3;/q-2;+2. The number of rotatable bonds is 7. The van der Waals surface area contributed by atoms with Crippen molar-refractivity contribution in [3.05, 3.63) is 163 Å². The summed E-state index contributed by atoms with van der Waals surface area (Å²) >= 11 is 0. The largest absolute Gasteiger partial charge is 2.00 e. The monoisotopic (exact) mass is 801 g/mol. The molecule has 0 aliphatic carbocycles. The van der Waals surface area contributed by atoms with Crippen LogP contribution in [0.1, 0.15) is 11.3 Å². The molecular weight excluding hydrogens is 776 g/mol. The molecule has 232 valence electrons. The van der Waals surface area contributed by atoms with Gasteiger partial charge in [-0.15, -0.1) is 35.7 Å². The molecule has 0 aliphatic heterocycles. The topological polar surface area (TPSA) is 62.1 Å². The van der Waals surface area contributed by atoms with Crippen LogP contribution >= 0.6 is 0 Å². The number of aromatic nitrogens is 5. The smallest absolute Gasteiger partial charge is 0.509 e. The summed E-state index contributed by atoms with van der Waals surface area (Å²) in [6, 6.07) is 42.9. The average Bonchev–Trinajstić information content (AvgIpc) is 3.65. The van der Waals surface area contributed by atoms with E-state index >= 15 is 0 Å². The zero-order chi connectivity index (χ0) is 31.7. The summed E-state index contributed by atoms with van der Waals surface area (Å²) in [5.74, 6) is 1.88. The summed E-state index contributed by atoms with van der Waals surface area (Å²) in [5.41, 5.74) is 8.06. The molecule has 0 aliphatic rings. The fraction of sp³-hybridized carbons (Fsp3) is 0.0500. The van der Waals surface area contributed by atoms with Gasteiger partial charge in [-0.25, -0.2) is 11.6 Å². The number of fused-ring (bicyclic) bond motifs is 3. The summed E-state index contributed by atoms with van der Waals surface area (Å²) in [7, 11) is 0. The van der Waals surface area contributed by atoms with E-state index < -0.39 is 0 Å². The van der Waals surface area contributed by atoms with Crippen LogP contribution in [0.3, 0.4) is 0 Å². The zero-order valence-electron chi connectivity index (χ0n) is 25.7. The number of benzene rings is 4. The predicted molar refractivity (Wildman–Crippen MR) is 184 cm³/mol. The second kappa shape index (κ2) is 13.1. The Balaban J connectivity index is 0.00000364. The number of ether oxygens (including phenoxy) is 1. The molecule has 0 atom stereocenters. The molecule has 4 aromatic heterocycles. The molecule has 8 aromatic rings. The molecule has 0 bridgehead atoms. The molecule has 4 aromatic carbocycles. The van der Waals surface area contributed by atoms with Crippen LogP contribution < -0.4 is 4.74 Å². The first-order chi connectivity index (χ1) is 23.2. The Kier molecular flexibility index (Phi) is 8.42. The normalized spacial score (nSPS) is 10.9. The Morgan fingerprint density at radius 3 is 2.38 bits per heavy atom. The van der Waals surface area contributed by atoms with Crippen LogP contribution in [0.2, 0.25) is 0 Å². The van der Waals surface area contributed by atoms with Crippen molar-refractivity contribution in [2.45, 2.75) is 13.5 Å². The van der Waals surface area contributed by atoms with E-state index in [9.17, 15) is 0 Å². The third-order valence-electron chi connectivity index (χ3n) is 8.11. The van der Waals surface area contributed by atoms with Crippen molar-refractivity contribution in [3.8, 4) is 45.4 Å². The van der Waals surface area contributed by atoms with Crippen LogP contribution in [0.15, 0.2) is 128 Å². The Morgan fingerprint density at radius 1 is 0.771 bits per heavy atom. The molecular formula is C40H26N6OPt. The summed E-state index contributed by atoms with van der Waals surface area (Å²) in [6.45, 7) is 9.99. The van der Waals surface area contributed by atoms with E-state index in [1.165, 1.54) is 0 Å². The molecule has 0 fully saturated rings. The number of pyridine rings is 2. The number of hydrogen-bond acceptors (Lipinski definition) is 4. The van der Waals surface area contributed by atoms with Crippen LogP contribution in [0.5, 0.6) is 11.5 Å². The van der Waals surface area contributed by atoms with Gasteiger partial charge in [0.1, 0.15) is 17.2 Å². The molecule has 8 heteroatoms. The van der Waals surface area contributed by atoms with Crippen molar-refractivity contribution in [1.29, 1.82) is 0 Å². The van der Waals surface area contributed by atoms with Gasteiger partial charge in [0.2, 0.25) is 0 Å². The maximum absolute atomic E-state index is 7.79. The molecule has 0 unspecified atom stereocenters. The predicted octanol–water partition coefficient (Wildman–Crippen LogP) is 9.21. The Morgan fingerprint density at radius 2 is 1.56 bits per heavy atom. The molecule has 4 heterocycles. The second-order valence-corrected chi connectivity index (χ2v) is 11.1. The van der Waals surface area contributed by atoms with Gasteiger partial charge in [0.05, 0.1) is 0 Å². The first kappa shape index (κ1) is 30.8. The first-order valence-electron chi connectivity index (χ1n) is 15.2. The summed E-state index contributed by atoms with van der Waals surface area (Å²) in [4.78, 5) is 12.7. The minimum Gasteiger partial charge on any atom is -0.509 e. The molecule has 0 radical (unpaired) electrons. The SMILES string of the molecule is [C-]#[N+]Cc1c(-c2ccccc2)c(-c2ccncc2)nn1-c1[c-]c(Oc2[c-]c3c(cc2)c2ccccc2n3-c2cc(C)ccn2)ccc1.[Pt+2]. The van der Waals surface area contributed by atoms with Crippen molar-refractivity contribution in [2.75, 3.05) is 0 Å². The van der Waals surface area contributed by atoms with Gasteiger partial charge in [0, 0.05) is 46.7 Å². The van der Waals surface area contributed by atoms with E-state index in [2.05, 4.69) is 62.7 Å². The fourth-order valence-electron chi connectivity index (χ4n) is 6.05. The van der Waals surface area contributed by atoms with Gasteiger partial charge in [-0.05, 0) is 59.5 Å². The Hall–Kier alpha value is -5.83. The molecule has 0 saturated heterocycles. The second-order valence-electron chi connectivity index (χ2n) is 11.1. The van der Waals surface area contributed by atoms with Gasteiger partial charge in [-0.2, -0.15) is 17.2 Å². The summed E-state index contributed by atoms with van der Waals surface area (Å²) in [6.07, 6.45) is 5.33. The molecule has 0 saturated carbocycles. The zero-order valence-corrected chi connectivity index (χ0v) is 28.0. The van der Waals surface area contributed by atoms with Crippen molar-refractivity contribution in [3.63, 3.8) is 0 Å². The third kappa shape index (κ3) is 5.57. The van der Waals surface area contributed by atoms with Crippen LogP contribution in [-0.2, 0) is 27.6 Å². The maximum Gasteiger partial charge on any atom is 2.00 e. The minimum absolute atomic E-state index is 0. The number of hydrogen-bond donors (Lipinski definition) is 0. The molecule has 0 amide bonds. The van der Waals surface area contributed by atoms with Crippen molar-refractivity contribution >= 4 is 21.8 Å². The summed E-state index contributed by atoms with van der Waals surface area (Å²) in [5, 5.41) is 7.23. The van der Waals surface area contributed by atoms with E-state index in [0.717, 1.165) is 61.3 Å². The van der Waals surface area contributed by atoms with Gasteiger partial charge in [-0.1, -0.05) is 54.0 Å². The van der Waals surface area contributed by atoms with Crippen LogP contribution in [-0.4, -0.2) is 24.3 Å². The van der Waals surface area contributed by atoms with Gasteiger partial charge in [0.25, 0.3) is 6.54 Å². The minimum atomic E-state index is 0. The Labute approximate surface area is 292 Å². The van der Waals surface area contributed by atoms with Crippen LogP contribution in [0, 0.1) is 25.6 Å². The number of para-hydroxylation sites is 1. The number of nitrogens with zero attached hydrogens (tertiary/aromatic N) is 6. The molecule has 0 N–H and O–H groups in total. The van der Waals surface area contributed by atoms with Crippen LogP contribution in [0.25, 0.3) is 60.5 Å². The Bertz CT molecular complexity index is 2440. The van der Waals surface area contributed by atoms with Gasteiger partial charge < -0.3 is 14.1 Å². The quantitative estimate of drug-likeness (QED) is 0.151. The van der Waals surface area contributed by atoms with Gasteiger partial charge in [-0.3, -0.25) is 9.67 Å². The maximum atomic E-state index is 7.79. The van der Waals surface area contributed by atoms with E-state index in [0.29, 0.717) is 17.2 Å². The van der Waals surface area contributed by atoms with Gasteiger partial charge >= 0.3 is 21.1 Å².